The van der Waals surface area contributed by atoms with Crippen LogP contribution >= 0.6 is 0 Å². The van der Waals surface area contributed by atoms with Gasteiger partial charge >= 0.3 is 11.9 Å². The molecule has 3 rings (SSSR count). The lowest BCUT2D eigenvalue weighted by Gasteiger charge is -2.26. The van der Waals surface area contributed by atoms with Gasteiger partial charge in [-0.25, -0.2) is 0 Å². The van der Waals surface area contributed by atoms with Gasteiger partial charge in [-0.3, -0.25) is 19.2 Å². The topological polar surface area (TPSA) is 86.7 Å². The van der Waals surface area contributed by atoms with Crippen LogP contribution < -0.4 is 0 Å². The van der Waals surface area contributed by atoms with Crippen molar-refractivity contribution in [3.8, 4) is 0 Å². The number of carbonyl (C=O) groups excluding carboxylic acids is 4. The van der Waals surface area contributed by atoms with Crippen molar-refractivity contribution >= 4 is 23.5 Å². The molecule has 0 unspecified atom stereocenters. The van der Waals surface area contributed by atoms with Crippen molar-refractivity contribution in [2.75, 3.05) is 0 Å². The number of ketones is 2. The average molecular weight is 495 g/mol. The summed E-state index contributed by atoms with van der Waals surface area (Å²) in [6.45, 7) is 12.3. The number of carbonyl (C=O) groups is 4. The summed E-state index contributed by atoms with van der Waals surface area (Å²) in [4.78, 5) is 51.5. The summed E-state index contributed by atoms with van der Waals surface area (Å²) >= 11 is 0. The van der Waals surface area contributed by atoms with Crippen LogP contribution in [0.2, 0.25) is 0 Å². The maximum Gasteiger partial charge on any atom is 0.308 e. The van der Waals surface area contributed by atoms with Crippen molar-refractivity contribution in [3.05, 3.63) is 69.3 Å². The monoisotopic (exact) mass is 494 g/mol. The van der Waals surface area contributed by atoms with E-state index in [0.29, 0.717) is 6.42 Å². The lowest BCUT2D eigenvalue weighted by molar-refractivity contribution is -0.142. The van der Waals surface area contributed by atoms with E-state index in [2.05, 4.69) is 19.1 Å². The van der Waals surface area contributed by atoms with Crippen molar-refractivity contribution in [1.82, 2.24) is 0 Å². The zero-order chi connectivity index (χ0) is 27.0. The Morgan fingerprint density at radius 2 is 1.31 bits per heavy atom. The second-order valence-electron chi connectivity index (χ2n) is 9.88. The molecular formula is C30H38O6. The number of ether oxygens (including phenoxy) is 2. The van der Waals surface area contributed by atoms with Crippen molar-refractivity contribution in [2.45, 2.75) is 87.0 Å². The number of hydrogen-bond donors (Lipinski definition) is 0. The van der Waals surface area contributed by atoms with Crippen LogP contribution in [0.5, 0.6) is 0 Å². The zero-order valence-electron chi connectivity index (χ0n) is 22.6. The van der Waals surface area contributed by atoms with Gasteiger partial charge < -0.3 is 9.47 Å². The van der Waals surface area contributed by atoms with Crippen molar-refractivity contribution in [2.24, 2.45) is 5.92 Å². The van der Waals surface area contributed by atoms with Crippen LogP contribution in [-0.2, 0) is 28.7 Å². The molecule has 3 aliphatic rings. The molecule has 0 heterocycles. The van der Waals surface area contributed by atoms with Crippen LogP contribution in [0, 0.1) is 5.92 Å². The van der Waals surface area contributed by atoms with Crippen LogP contribution in [0.4, 0.5) is 0 Å². The van der Waals surface area contributed by atoms with Crippen molar-refractivity contribution < 1.29 is 28.7 Å². The second kappa shape index (κ2) is 13.1. The molecule has 194 valence electrons. The Kier molecular flexibility index (Phi) is 10.6. The molecule has 0 saturated heterocycles. The first-order chi connectivity index (χ1) is 16.9. The fraction of sp³-hybridized carbons (Fsp3) is 0.467. The quantitative estimate of drug-likeness (QED) is 0.251. The highest BCUT2D eigenvalue weighted by Gasteiger charge is 2.41. The minimum atomic E-state index is -0.694. The first-order valence-electron chi connectivity index (χ1n) is 12.5. The van der Waals surface area contributed by atoms with Gasteiger partial charge in [0.1, 0.15) is 0 Å². The fourth-order valence-electron chi connectivity index (χ4n) is 4.39. The van der Waals surface area contributed by atoms with Crippen LogP contribution in [0.1, 0.15) is 87.0 Å². The third-order valence-electron chi connectivity index (χ3n) is 6.11. The van der Waals surface area contributed by atoms with E-state index in [1.54, 1.807) is 0 Å². The Morgan fingerprint density at radius 3 is 1.86 bits per heavy atom. The maximum absolute atomic E-state index is 13.8. The number of allylic oxidation sites excluding steroid dienone is 10. The normalized spacial score (nSPS) is 24.6. The van der Waals surface area contributed by atoms with Gasteiger partial charge in [-0.2, -0.15) is 0 Å². The van der Waals surface area contributed by atoms with Gasteiger partial charge in [0.05, 0.1) is 11.1 Å². The summed E-state index contributed by atoms with van der Waals surface area (Å²) in [6, 6.07) is 0. The van der Waals surface area contributed by atoms with Gasteiger partial charge in [-0.05, 0) is 73.1 Å². The summed E-state index contributed by atoms with van der Waals surface area (Å²) in [5.74, 6) is -3.68. The molecule has 0 spiro atoms. The first-order valence-corrected chi connectivity index (χ1v) is 12.5. The largest absolute Gasteiger partial charge is 0.422 e. The molecule has 6 nitrogen and oxygen atoms in total. The Morgan fingerprint density at radius 1 is 0.778 bits per heavy atom. The van der Waals surface area contributed by atoms with Crippen LogP contribution in [0.25, 0.3) is 0 Å². The highest BCUT2D eigenvalue weighted by molar-refractivity contribution is 6.25. The third kappa shape index (κ3) is 8.14. The van der Waals surface area contributed by atoms with E-state index in [1.807, 2.05) is 39.8 Å². The summed E-state index contributed by atoms with van der Waals surface area (Å²) in [5.41, 5.74) is 4.42. The van der Waals surface area contributed by atoms with E-state index in [4.69, 9.17) is 9.47 Å². The lowest BCUT2D eigenvalue weighted by atomic mass is 9.80. The Balaban J connectivity index is 2.79. The van der Waals surface area contributed by atoms with Gasteiger partial charge in [0.2, 0.25) is 11.6 Å². The summed E-state index contributed by atoms with van der Waals surface area (Å²) in [6.07, 6.45) is 12.1. The van der Waals surface area contributed by atoms with Gasteiger partial charge in [0, 0.05) is 19.8 Å². The number of fused-ring (bicyclic) bond motifs is 11. The number of esters is 2. The van der Waals surface area contributed by atoms with E-state index in [9.17, 15) is 19.2 Å². The van der Waals surface area contributed by atoms with E-state index >= 15 is 0 Å². The number of Topliss-reactive ketones (excluding diaryl/α,β-unsaturated/α-hetero) is 2. The zero-order valence-corrected chi connectivity index (χ0v) is 22.6. The highest BCUT2D eigenvalue weighted by atomic mass is 16.5. The molecule has 2 bridgehead atoms. The predicted molar refractivity (Wildman–Crippen MR) is 139 cm³/mol. The van der Waals surface area contributed by atoms with Gasteiger partial charge in [-0.15, -0.1) is 0 Å². The highest BCUT2D eigenvalue weighted by Crippen LogP contribution is 2.36. The van der Waals surface area contributed by atoms with Gasteiger partial charge in [-0.1, -0.05) is 46.6 Å². The first kappa shape index (κ1) is 29.0. The van der Waals surface area contributed by atoms with E-state index in [1.165, 1.54) is 19.4 Å². The molecule has 0 radical (unpaired) electrons. The van der Waals surface area contributed by atoms with Crippen LogP contribution in [0.15, 0.2) is 69.3 Å². The molecule has 0 aromatic rings. The van der Waals surface area contributed by atoms with E-state index in [0.717, 1.165) is 42.4 Å². The molecule has 0 aliphatic heterocycles. The van der Waals surface area contributed by atoms with E-state index < -0.39 is 29.4 Å². The molecule has 0 saturated carbocycles. The second-order valence-corrected chi connectivity index (χ2v) is 9.88. The standard InChI is InChI=1S/C30H38O6/c1-18(2)16-24-17-21(5)13-9-11-19(3)10-8-12-20(4)14-15-25-27(33)30(36-23(7)32)26(24)28(34)29(25)35-22(6)31/h10,13-14,16,24H,8-9,11-12,15,17H2,1-7H3/b19-10+,20-14+,21-13+/t24-/m1/s1. The summed E-state index contributed by atoms with van der Waals surface area (Å²) in [7, 11) is 0. The van der Waals surface area contributed by atoms with Crippen molar-refractivity contribution in [1.29, 1.82) is 0 Å². The fourth-order valence-corrected chi connectivity index (χ4v) is 4.39. The van der Waals surface area contributed by atoms with Gasteiger partial charge in [0.25, 0.3) is 0 Å². The minimum Gasteiger partial charge on any atom is -0.422 e. The Labute approximate surface area is 214 Å². The molecule has 36 heavy (non-hydrogen) atoms. The molecule has 0 aromatic heterocycles. The Hall–Kier alpha value is -3.28. The molecule has 0 N–H and O–H groups in total. The molecule has 1 atom stereocenters. The smallest absolute Gasteiger partial charge is 0.308 e. The van der Waals surface area contributed by atoms with Crippen LogP contribution in [0.3, 0.4) is 0 Å². The molecule has 0 fully saturated rings. The van der Waals surface area contributed by atoms with Crippen LogP contribution in [-0.4, -0.2) is 23.5 Å². The molecule has 6 heteroatoms. The Bertz CT molecular complexity index is 1120. The number of rotatable bonds is 3. The summed E-state index contributed by atoms with van der Waals surface area (Å²) < 4.78 is 10.7. The predicted octanol–water partition coefficient (Wildman–Crippen LogP) is 6.55. The molecular weight excluding hydrogens is 456 g/mol. The lowest BCUT2D eigenvalue weighted by Crippen LogP contribution is -2.31. The maximum atomic E-state index is 13.8. The molecule has 3 aliphatic carbocycles. The third-order valence-corrected chi connectivity index (χ3v) is 6.11. The molecule has 0 amide bonds. The van der Waals surface area contributed by atoms with E-state index in [-0.39, 0.29) is 29.1 Å². The van der Waals surface area contributed by atoms with Crippen molar-refractivity contribution in [3.63, 3.8) is 0 Å². The summed E-state index contributed by atoms with van der Waals surface area (Å²) in [5, 5.41) is 0. The minimum absolute atomic E-state index is 0.0220. The SMILES string of the molecule is CC(=O)OC1=C2C/C=C(\C)CC/C=C(\C)CC/C=C(\C)C[C@@H](C=C(C)C)C(=C(OC(C)=O)C2=O)C1=O. The van der Waals surface area contributed by atoms with Gasteiger partial charge in [0.15, 0.2) is 11.5 Å². The average Bonchev–Trinajstić information content (AvgIpc) is 2.75. The molecule has 0 aromatic carbocycles. The number of hydrogen-bond acceptors (Lipinski definition) is 6.